The summed E-state index contributed by atoms with van der Waals surface area (Å²) in [4.78, 5) is 21.9. The number of furan rings is 1. The van der Waals surface area contributed by atoms with Crippen LogP contribution in [0.15, 0.2) is 16.5 Å². The highest BCUT2D eigenvalue weighted by atomic mass is 35.5. The average molecular weight is 318 g/mol. The zero-order chi connectivity index (χ0) is 14.5. The van der Waals surface area contributed by atoms with Gasteiger partial charge >= 0.3 is 5.88 Å². The lowest BCUT2D eigenvalue weighted by Crippen LogP contribution is -2.45. The largest absolute Gasteiger partial charge is 0.433 e. The Kier molecular flexibility index (Phi) is 6.64. The fourth-order valence-electron chi connectivity index (χ4n) is 2.69. The van der Waals surface area contributed by atoms with E-state index in [1.165, 1.54) is 18.6 Å². The van der Waals surface area contributed by atoms with E-state index in [1.54, 1.807) is 0 Å². The van der Waals surface area contributed by atoms with Crippen LogP contribution in [-0.2, 0) is 0 Å². The molecule has 1 aliphatic carbocycles. The molecule has 1 unspecified atom stereocenters. The summed E-state index contributed by atoms with van der Waals surface area (Å²) in [5, 5.41) is 13.3. The maximum Gasteiger partial charge on any atom is 0.433 e. The molecule has 1 aromatic heterocycles. The lowest BCUT2D eigenvalue weighted by molar-refractivity contribution is -0.402. The Morgan fingerprint density at radius 3 is 2.62 bits per heavy atom. The first-order valence-corrected chi connectivity index (χ1v) is 6.87. The Labute approximate surface area is 128 Å². The van der Waals surface area contributed by atoms with E-state index in [9.17, 15) is 14.9 Å². The van der Waals surface area contributed by atoms with Crippen molar-refractivity contribution < 1.29 is 14.1 Å². The van der Waals surface area contributed by atoms with Gasteiger partial charge in [0.2, 0.25) is 0 Å². The molecule has 0 aromatic carbocycles. The molecule has 0 aliphatic heterocycles. The topological polar surface area (TPSA) is 111 Å². The van der Waals surface area contributed by atoms with Gasteiger partial charge in [-0.05, 0) is 24.8 Å². The molecule has 21 heavy (non-hydrogen) atoms. The molecule has 0 spiro atoms. The van der Waals surface area contributed by atoms with Gasteiger partial charge in [0.25, 0.3) is 5.91 Å². The van der Waals surface area contributed by atoms with Crippen molar-refractivity contribution in [1.29, 1.82) is 0 Å². The van der Waals surface area contributed by atoms with Crippen LogP contribution in [0.2, 0.25) is 0 Å². The van der Waals surface area contributed by atoms with Crippen molar-refractivity contribution in [2.24, 2.45) is 11.7 Å². The van der Waals surface area contributed by atoms with Gasteiger partial charge in [0.15, 0.2) is 5.76 Å². The predicted molar refractivity (Wildman–Crippen MR) is 79.5 cm³/mol. The molecule has 1 aromatic rings. The molecule has 118 valence electrons. The van der Waals surface area contributed by atoms with E-state index >= 15 is 0 Å². The highest BCUT2D eigenvalue weighted by Gasteiger charge is 2.26. The molecule has 1 saturated carbocycles. The molecular formula is C13H20ClN3O4. The van der Waals surface area contributed by atoms with Crippen molar-refractivity contribution in [3.63, 3.8) is 0 Å². The molecule has 1 fully saturated rings. The molecular weight excluding hydrogens is 298 g/mol. The molecule has 7 nitrogen and oxygen atoms in total. The van der Waals surface area contributed by atoms with E-state index in [-0.39, 0.29) is 24.2 Å². The monoisotopic (exact) mass is 317 g/mol. The third-order valence-corrected chi connectivity index (χ3v) is 3.78. The average Bonchev–Trinajstić information content (AvgIpc) is 2.95. The minimum atomic E-state index is -0.668. The first-order valence-electron chi connectivity index (χ1n) is 6.87. The van der Waals surface area contributed by atoms with Crippen molar-refractivity contribution >= 4 is 24.2 Å². The van der Waals surface area contributed by atoms with Gasteiger partial charge in [0.1, 0.15) is 4.92 Å². The number of amides is 1. The van der Waals surface area contributed by atoms with Crippen molar-refractivity contribution in [2.75, 3.05) is 6.54 Å². The molecule has 2 rings (SSSR count). The van der Waals surface area contributed by atoms with Crippen molar-refractivity contribution in [3.05, 3.63) is 28.0 Å². The molecule has 0 bridgehead atoms. The molecule has 1 atom stereocenters. The van der Waals surface area contributed by atoms with Crippen LogP contribution >= 0.6 is 12.4 Å². The first-order chi connectivity index (χ1) is 9.61. The normalized spacial score (nSPS) is 16.8. The van der Waals surface area contributed by atoms with Crippen molar-refractivity contribution in [3.8, 4) is 0 Å². The number of rotatable bonds is 5. The summed E-state index contributed by atoms with van der Waals surface area (Å²) >= 11 is 0. The number of carbonyl (C=O) groups is 1. The van der Waals surface area contributed by atoms with E-state index in [2.05, 4.69) is 5.32 Å². The minimum Gasteiger partial charge on any atom is -0.395 e. The summed E-state index contributed by atoms with van der Waals surface area (Å²) in [5.74, 6) is -0.551. The second kappa shape index (κ2) is 7.99. The summed E-state index contributed by atoms with van der Waals surface area (Å²) in [6, 6.07) is 2.38. The zero-order valence-electron chi connectivity index (χ0n) is 11.6. The zero-order valence-corrected chi connectivity index (χ0v) is 12.4. The number of hydrogen-bond donors (Lipinski definition) is 2. The number of carbonyl (C=O) groups excluding carboxylic acids is 1. The molecule has 8 heteroatoms. The highest BCUT2D eigenvalue weighted by molar-refractivity contribution is 5.91. The van der Waals surface area contributed by atoms with Gasteiger partial charge in [0.05, 0.1) is 6.07 Å². The SMILES string of the molecule is Cl.NCC(NC(=O)c1ccc([N+](=O)[O-])o1)C1CCCCC1. The number of nitro groups is 1. The summed E-state index contributed by atoms with van der Waals surface area (Å²) in [7, 11) is 0. The molecule has 0 saturated heterocycles. The number of hydrogen-bond acceptors (Lipinski definition) is 5. The van der Waals surface area contributed by atoms with Crippen LogP contribution in [0.4, 0.5) is 5.88 Å². The van der Waals surface area contributed by atoms with E-state index in [0.29, 0.717) is 12.5 Å². The van der Waals surface area contributed by atoms with Crippen molar-refractivity contribution in [2.45, 2.75) is 38.1 Å². The fourth-order valence-corrected chi connectivity index (χ4v) is 2.69. The van der Waals surface area contributed by atoms with Gasteiger partial charge in [-0.15, -0.1) is 12.4 Å². The number of nitrogens with zero attached hydrogens (tertiary/aromatic N) is 1. The third kappa shape index (κ3) is 4.44. The smallest absolute Gasteiger partial charge is 0.395 e. The van der Waals surface area contributed by atoms with Crippen LogP contribution in [0.3, 0.4) is 0 Å². The van der Waals surface area contributed by atoms with Crippen LogP contribution in [0.1, 0.15) is 42.7 Å². The second-order valence-electron chi connectivity index (χ2n) is 5.11. The lowest BCUT2D eigenvalue weighted by Gasteiger charge is -2.29. The molecule has 3 N–H and O–H groups in total. The van der Waals surface area contributed by atoms with E-state index in [0.717, 1.165) is 25.7 Å². The predicted octanol–water partition coefficient (Wildman–Crippen LogP) is 2.25. The van der Waals surface area contributed by atoms with Crippen LogP contribution < -0.4 is 11.1 Å². The molecule has 1 aliphatic rings. The number of nitrogens with one attached hydrogen (secondary N) is 1. The van der Waals surface area contributed by atoms with Gasteiger partial charge in [-0.1, -0.05) is 19.3 Å². The van der Waals surface area contributed by atoms with Crippen LogP contribution in [-0.4, -0.2) is 23.4 Å². The summed E-state index contributed by atoms with van der Waals surface area (Å²) in [6.07, 6.45) is 5.65. The maximum absolute atomic E-state index is 12.0. The highest BCUT2D eigenvalue weighted by Crippen LogP contribution is 2.26. The molecule has 1 amide bonds. The molecule has 1 heterocycles. The van der Waals surface area contributed by atoms with Crippen LogP contribution in [0.25, 0.3) is 0 Å². The quantitative estimate of drug-likeness (QED) is 0.639. The summed E-state index contributed by atoms with van der Waals surface area (Å²) < 4.78 is 4.89. The maximum atomic E-state index is 12.0. The van der Waals surface area contributed by atoms with Crippen LogP contribution in [0.5, 0.6) is 0 Å². The van der Waals surface area contributed by atoms with Gasteiger partial charge in [-0.25, -0.2) is 0 Å². The van der Waals surface area contributed by atoms with Crippen molar-refractivity contribution in [1.82, 2.24) is 5.32 Å². The van der Waals surface area contributed by atoms with E-state index in [4.69, 9.17) is 10.2 Å². The first kappa shape index (κ1) is 17.5. The van der Waals surface area contributed by atoms with Gasteiger partial charge in [-0.2, -0.15) is 0 Å². The second-order valence-corrected chi connectivity index (χ2v) is 5.11. The van der Waals surface area contributed by atoms with Gasteiger partial charge in [0, 0.05) is 12.6 Å². The number of halogens is 1. The lowest BCUT2D eigenvalue weighted by atomic mass is 9.84. The Balaban J connectivity index is 0.00000220. The summed E-state index contributed by atoms with van der Waals surface area (Å²) in [5.41, 5.74) is 5.73. The summed E-state index contributed by atoms with van der Waals surface area (Å²) in [6.45, 7) is 0.360. The Bertz CT molecular complexity index is 486. The Morgan fingerprint density at radius 2 is 2.10 bits per heavy atom. The third-order valence-electron chi connectivity index (χ3n) is 3.78. The Morgan fingerprint density at radius 1 is 1.43 bits per heavy atom. The Hall–Kier alpha value is -1.60. The van der Waals surface area contributed by atoms with Gasteiger partial charge < -0.3 is 15.5 Å². The van der Waals surface area contributed by atoms with Gasteiger partial charge in [-0.3, -0.25) is 14.9 Å². The molecule has 0 radical (unpaired) electrons. The fraction of sp³-hybridized carbons (Fsp3) is 0.615. The van der Waals surface area contributed by atoms with Crippen LogP contribution in [0, 0.1) is 16.0 Å². The standard InChI is InChI=1S/C13H19N3O4.ClH/c14-8-10(9-4-2-1-3-5-9)15-13(17)11-6-7-12(20-11)16(18)19;/h6-7,9-10H,1-5,8,14H2,(H,15,17);1H. The minimum absolute atomic E-state index is 0. The van der Waals surface area contributed by atoms with E-state index in [1.807, 2.05) is 0 Å². The number of nitrogens with two attached hydrogens (primary N) is 1. The van der Waals surface area contributed by atoms with E-state index < -0.39 is 16.7 Å².